The van der Waals surface area contributed by atoms with E-state index >= 15 is 0 Å². The van der Waals surface area contributed by atoms with E-state index in [1.807, 2.05) is 20.8 Å². The van der Waals surface area contributed by atoms with E-state index < -0.39 is 0 Å². The number of hydrogen-bond donors (Lipinski definition) is 1. The number of nitrogens with one attached hydrogen (secondary N) is 1. The molecule has 0 aliphatic rings. The second-order valence-electron chi connectivity index (χ2n) is 3.98. The van der Waals surface area contributed by atoms with Crippen LogP contribution in [0.15, 0.2) is 16.8 Å². The molecule has 1 amide bonds. The fourth-order valence-corrected chi connectivity index (χ4v) is 2.21. The third kappa shape index (κ3) is 3.31. The summed E-state index contributed by atoms with van der Waals surface area (Å²) in [7, 11) is 0. The molecule has 7 heteroatoms. The minimum absolute atomic E-state index is 0.198. The number of amides is 1. The zero-order valence-electron chi connectivity index (χ0n) is 11.0. The van der Waals surface area contributed by atoms with Crippen LogP contribution in [0, 0.1) is 6.92 Å². The molecule has 102 valence electrons. The Hall–Kier alpha value is -1.89. The van der Waals surface area contributed by atoms with Crippen LogP contribution in [-0.2, 0) is 0 Å². The Bertz CT molecular complexity index is 564. The van der Waals surface area contributed by atoms with Gasteiger partial charge < -0.3 is 14.6 Å². The van der Waals surface area contributed by atoms with E-state index in [4.69, 9.17) is 9.26 Å². The van der Waals surface area contributed by atoms with Crippen LogP contribution in [0.3, 0.4) is 0 Å². The Morgan fingerprint density at radius 1 is 1.63 bits per heavy atom. The van der Waals surface area contributed by atoms with Gasteiger partial charge in [-0.1, -0.05) is 16.5 Å². The average molecular weight is 281 g/mol. The molecule has 2 aromatic rings. The summed E-state index contributed by atoms with van der Waals surface area (Å²) in [6.07, 6.45) is 1.51. The fourth-order valence-electron chi connectivity index (χ4n) is 1.48. The molecule has 1 unspecified atom stereocenters. The Morgan fingerprint density at radius 3 is 3.05 bits per heavy atom. The molecule has 1 atom stereocenters. The standard InChI is InChI=1S/C12H15N3O3S/c1-4-17-12-13-6-10(19-12)11(16)14-8(3)9-5-7(2)18-15-9/h5-6,8H,4H2,1-3H3,(H,14,16). The molecule has 2 heterocycles. The van der Waals surface area contributed by atoms with Crippen LogP contribution in [0.4, 0.5) is 0 Å². The molecule has 0 saturated carbocycles. The number of carbonyl (C=O) groups is 1. The molecule has 0 spiro atoms. The second-order valence-corrected chi connectivity index (χ2v) is 4.97. The molecular formula is C12H15N3O3S. The quantitative estimate of drug-likeness (QED) is 0.910. The number of rotatable bonds is 5. The first-order valence-corrected chi connectivity index (χ1v) is 6.74. The molecule has 0 radical (unpaired) electrons. The highest BCUT2D eigenvalue weighted by atomic mass is 32.1. The molecule has 0 fully saturated rings. The minimum Gasteiger partial charge on any atom is -0.470 e. The van der Waals surface area contributed by atoms with Gasteiger partial charge in [-0.3, -0.25) is 4.79 Å². The third-order valence-electron chi connectivity index (χ3n) is 2.41. The number of aryl methyl sites for hydroxylation is 1. The zero-order chi connectivity index (χ0) is 13.8. The number of hydrogen-bond acceptors (Lipinski definition) is 6. The van der Waals surface area contributed by atoms with E-state index in [0.29, 0.717) is 28.1 Å². The van der Waals surface area contributed by atoms with Gasteiger partial charge in [-0.15, -0.1) is 0 Å². The molecular weight excluding hydrogens is 266 g/mol. The molecule has 2 aromatic heterocycles. The van der Waals surface area contributed by atoms with Crippen molar-refractivity contribution in [3.05, 3.63) is 28.6 Å². The highest BCUT2D eigenvalue weighted by molar-refractivity contribution is 7.15. The lowest BCUT2D eigenvalue weighted by molar-refractivity contribution is 0.0942. The van der Waals surface area contributed by atoms with Crippen molar-refractivity contribution < 1.29 is 14.1 Å². The summed E-state index contributed by atoms with van der Waals surface area (Å²) in [6, 6.07) is 1.58. The molecule has 0 aliphatic heterocycles. The van der Waals surface area contributed by atoms with Crippen LogP contribution in [0.2, 0.25) is 0 Å². The molecule has 0 saturated heterocycles. The van der Waals surface area contributed by atoms with Crippen molar-refractivity contribution in [2.75, 3.05) is 6.61 Å². The highest BCUT2D eigenvalue weighted by Crippen LogP contribution is 2.21. The predicted molar refractivity (Wildman–Crippen MR) is 70.4 cm³/mol. The van der Waals surface area contributed by atoms with Crippen LogP contribution in [0.5, 0.6) is 5.19 Å². The topological polar surface area (TPSA) is 77.2 Å². The molecule has 1 N–H and O–H groups in total. The van der Waals surface area contributed by atoms with Gasteiger partial charge in [-0.05, 0) is 20.8 Å². The Morgan fingerprint density at radius 2 is 2.42 bits per heavy atom. The van der Waals surface area contributed by atoms with Gasteiger partial charge >= 0.3 is 0 Å². The SMILES string of the molecule is CCOc1ncc(C(=O)NC(C)c2cc(C)on2)s1. The average Bonchev–Trinajstić information content (AvgIpc) is 2.98. The van der Waals surface area contributed by atoms with Gasteiger partial charge in [0.25, 0.3) is 11.1 Å². The second kappa shape index (κ2) is 5.83. The van der Waals surface area contributed by atoms with Gasteiger partial charge in [-0.25, -0.2) is 4.98 Å². The lowest BCUT2D eigenvalue weighted by Gasteiger charge is -2.09. The molecule has 6 nitrogen and oxygen atoms in total. The highest BCUT2D eigenvalue weighted by Gasteiger charge is 2.16. The lowest BCUT2D eigenvalue weighted by atomic mass is 10.2. The summed E-state index contributed by atoms with van der Waals surface area (Å²) >= 11 is 1.22. The Labute approximate surface area is 114 Å². The minimum atomic E-state index is -0.220. The summed E-state index contributed by atoms with van der Waals surface area (Å²) in [5.74, 6) is 0.518. The van der Waals surface area contributed by atoms with Gasteiger partial charge in [0.2, 0.25) is 0 Å². The van der Waals surface area contributed by atoms with Gasteiger partial charge in [-0.2, -0.15) is 0 Å². The maximum Gasteiger partial charge on any atom is 0.273 e. The van der Waals surface area contributed by atoms with E-state index in [-0.39, 0.29) is 11.9 Å². The van der Waals surface area contributed by atoms with E-state index in [1.54, 1.807) is 6.07 Å². The number of aromatic nitrogens is 2. The summed E-state index contributed by atoms with van der Waals surface area (Å²) < 4.78 is 10.2. The van der Waals surface area contributed by atoms with Crippen LogP contribution in [0.25, 0.3) is 0 Å². The zero-order valence-corrected chi connectivity index (χ0v) is 11.8. The van der Waals surface area contributed by atoms with E-state index in [9.17, 15) is 4.79 Å². The van der Waals surface area contributed by atoms with Gasteiger partial charge in [0.15, 0.2) is 0 Å². The first kappa shape index (κ1) is 13.5. The van der Waals surface area contributed by atoms with E-state index in [2.05, 4.69) is 15.5 Å². The summed E-state index contributed by atoms with van der Waals surface area (Å²) in [5, 5.41) is 7.20. The normalized spacial score (nSPS) is 12.2. The van der Waals surface area contributed by atoms with Crippen molar-refractivity contribution in [1.29, 1.82) is 0 Å². The third-order valence-corrected chi connectivity index (χ3v) is 3.32. The first-order chi connectivity index (χ1) is 9.10. The molecule has 2 rings (SSSR count). The van der Waals surface area contributed by atoms with E-state index in [1.165, 1.54) is 17.5 Å². The Kier molecular flexibility index (Phi) is 4.16. The van der Waals surface area contributed by atoms with Gasteiger partial charge in [0, 0.05) is 6.07 Å². The van der Waals surface area contributed by atoms with Crippen molar-refractivity contribution in [2.45, 2.75) is 26.8 Å². The molecule has 0 bridgehead atoms. The Balaban J connectivity index is 1.99. The summed E-state index contributed by atoms with van der Waals surface area (Å²) in [5.41, 5.74) is 0.695. The summed E-state index contributed by atoms with van der Waals surface area (Å²) in [6.45, 7) is 6.06. The predicted octanol–water partition coefficient (Wildman–Crippen LogP) is 2.33. The van der Waals surface area contributed by atoms with Crippen molar-refractivity contribution in [3.8, 4) is 5.19 Å². The molecule has 19 heavy (non-hydrogen) atoms. The lowest BCUT2D eigenvalue weighted by Crippen LogP contribution is -2.26. The number of carbonyl (C=O) groups excluding carboxylic acids is 1. The van der Waals surface area contributed by atoms with Gasteiger partial charge in [0.05, 0.1) is 18.8 Å². The van der Waals surface area contributed by atoms with Crippen molar-refractivity contribution in [3.63, 3.8) is 0 Å². The fraction of sp³-hybridized carbons (Fsp3) is 0.417. The van der Waals surface area contributed by atoms with E-state index in [0.717, 1.165) is 0 Å². The first-order valence-electron chi connectivity index (χ1n) is 5.93. The maximum absolute atomic E-state index is 12.0. The van der Waals surface area contributed by atoms with Crippen LogP contribution in [-0.4, -0.2) is 22.7 Å². The maximum atomic E-state index is 12.0. The van der Waals surface area contributed by atoms with Crippen LogP contribution < -0.4 is 10.1 Å². The summed E-state index contributed by atoms with van der Waals surface area (Å²) in [4.78, 5) is 16.5. The van der Waals surface area contributed by atoms with Crippen molar-refractivity contribution in [2.24, 2.45) is 0 Å². The smallest absolute Gasteiger partial charge is 0.273 e. The van der Waals surface area contributed by atoms with Crippen molar-refractivity contribution >= 4 is 17.2 Å². The molecule has 0 aliphatic carbocycles. The number of thiazole rings is 1. The monoisotopic (exact) mass is 281 g/mol. The largest absolute Gasteiger partial charge is 0.470 e. The number of ether oxygens (including phenoxy) is 1. The number of nitrogens with zero attached hydrogens (tertiary/aromatic N) is 2. The molecule has 0 aromatic carbocycles. The van der Waals surface area contributed by atoms with Gasteiger partial charge in [0.1, 0.15) is 16.3 Å². The van der Waals surface area contributed by atoms with Crippen molar-refractivity contribution in [1.82, 2.24) is 15.5 Å². The van der Waals surface area contributed by atoms with Crippen LogP contribution >= 0.6 is 11.3 Å². The van der Waals surface area contributed by atoms with Crippen LogP contribution in [0.1, 0.15) is 41.0 Å².